The summed E-state index contributed by atoms with van der Waals surface area (Å²) < 4.78 is 4.83. The highest BCUT2D eigenvalue weighted by atomic mass is 16.5. The van der Waals surface area contributed by atoms with Crippen LogP contribution >= 0.6 is 0 Å². The fraction of sp³-hybridized carbons (Fsp3) is 0.467. The zero-order valence-corrected chi connectivity index (χ0v) is 11.8. The van der Waals surface area contributed by atoms with Gasteiger partial charge in [-0.1, -0.05) is 26.0 Å². The molecule has 0 saturated carbocycles. The maximum atomic E-state index is 12.4. The number of methoxy groups -OCH3 is 1. The van der Waals surface area contributed by atoms with Gasteiger partial charge in [0.15, 0.2) is 0 Å². The van der Waals surface area contributed by atoms with Crippen molar-refractivity contribution in [1.29, 1.82) is 0 Å². The third kappa shape index (κ3) is 2.23. The van der Waals surface area contributed by atoms with E-state index in [0.717, 1.165) is 11.1 Å². The first-order valence-electron chi connectivity index (χ1n) is 6.44. The first-order chi connectivity index (χ1) is 8.97. The van der Waals surface area contributed by atoms with Crippen LogP contribution in [0.4, 0.5) is 0 Å². The van der Waals surface area contributed by atoms with E-state index < -0.39 is 6.04 Å². The third-order valence-corrected chi connectivity index (χ3v) is 3.64. The third-order valence-electron chi connectivity index (χ3n) is 3.64. The fourth-order valence-electron chi connectivity index (χ4n) is 2.61. The number of hydrogen-bond donors (Lipinski definition) is 0. The van der Waals surface area contributed by atoms with Crippen LogP contribution in [0.5, 0.6) is 0 Å². The summed E-state index contributed by atoms with van der Waals surface area (Å²) in [4.78, 5) is 26.0. The number of rotatable bonds is 3. The van der Waals surface area contributed by atoms with Crippen molar-refractivity contribution in [1.82, 2.24) is 4.90 Å². The molecule has 0 spiro atoms. The van der Waals surface area contributed by atoms with E-state index in [2.05, 4.69) is 0 Å². The van der Waals surface area contributed by atoms with Gasteiger partial charge in [-0.2, -0.15) is 0 Å². The largest absolute Gasteiger partial charge is 0.467 e. The van der Waals surface area contributed by atoms with Crippen molar-refractivity contribution >= 4 is 11.9 Å². The van der Waals surface area contributed by atoms with E-state index in [1.807, 2.05) is 39.0 Å². The van der Waals surface area contributed by atoms with Crippen LogP contribution in [0.2, 0.25) is 0 Å². The van der Waals surface area contributed by atoms with E-state index in [0.29, 0.717) is 12.1 Å². The Morgan fingerprint density at radius 2 is 2.05 bits per heavy atom. The molecule has 4 heteroatoms. The first-order valence-corrected chi connectivity index (χ1v) is 6.44. The standard InChI is InChI=1S/C15H19NO3/c1-9(2)13(15(18)19-4)16-8-12-10(3)6-5-7-11(12)14(16)17/h5-7,9,13H,8H2,1-4H3/t13-/m0/s1. The Bertz CT molecular complexity index is 522. The summed E-state index contributed by atoms with van der Waals surface area (Å²) in [5, 5.41) is 0. The van der Waals surface area contributed by atoms with Gasteiger partial charge in [0.05, 0.1) is 7.11 Å². The van der Waals surface area contributed by atoms with E-state index in [4.69, 9.17) is 4.74 Å². The maximum absolute atomic E-state index is 12.4. The summed E-state index contributed by atoms with van der Waals surface area (Å²) >= 11 is 0. The van der Waals surface area contributed by atoms with E-state index in [-0.39, 0.29) is 17.8 Å². The van der Waals surface area contributed by atoms with E-state index in [9.17, 15) is 9.59 Å². The molecule has 19 heavy (non-hydrogen) atoms. The number of benzene rings is 1. The van der Waals surface area contributed by atoms with Crippen LogP contribution in [0.1, 0.15) is 35.3 Å². The van der Waals surface area contributed by atoms with Crippen LogP contribution in [0.3, 0.4) is 0 Å². The second kappa shape index (κ2) is 5.03. The molecule has 1 aliphatic rings. The lowest BCUT2D eigenvalue weighted by atomic mass is 10.0. The van der Waals surface area contributed by atoms with Gasteiger partial charge in [-0.05, 0) is 30.0 Å². The number of amides is 1. The van der Waals surface area contributed by atoms with Crippen LogP contribution in [0.25, 0.3) is 0 Å². The molecule has 0 bridgehead atoms. The molecule has 1 aromatic carbocycles. The van der Waals surface area contributed by atoms with Crippen molar-refractivity contribution in [2.75, 3.05) is 7.11 Å². The quantitative estimate of drug-likeness (QED) is 0.783. The number of carbonyl (C=O) groups is 2. The van der Waals surface area contributed by atoms with Gasteiger partial charge in [0.1, 0.15) is 6.04 Å². The summed E-state index contributed by atoms with van der Waals surface area (Å²) in [5.41, 5.74) is 2.80. The minimum Gasteiger partial charge on any atom is -0.467 e. The topological polar surface area (TPSA) is 46.6 Å². The Balaban J connectivity index is 2.37. The van der Waals surface area contributed by atoms with Gasteiger partial charge < -0.3 is 9.64 Å². The van der Waals surface area contributed by atoms with Gasteiger partial charge in [0.2, 0.25) is 0 Å². The molecule has 1 heterocycles. The second-order valence-electron chi connectivity index (χ2n) is 5.25. The lowest BCUT2D eigenvalue weighted by molar-refractivity contribution is -0.147. The van der Waals surface area contributed by atoms with Crippen molar-refractivity contribution in [3.8, 4) is 0 Å². The van der Waals surface area contributed by atoms with Gasteiger partial charge in [-0.25, -0.2) is 4.79 Å². The summed E-state index contributed by atoms with van der Waals surface area (Å²) in [6.45, 7) is 6.31. The molecule has 0 unspecified atom stereocenters. The molecular formula is C15H19NO3. The predicted molar refractivity (Wildman–Crippen MR) is 71.7 cm³/mol. The van der Waals surface area contributed by atoms with Crippen molar-refractivity contribution < 1.29 is 14.3 Å². The fourth-order valence-corrected chi connectivity index (χ4v) is 2.61. The number of esters is 1. The van der Waals surface area contributed by atoms with Crippen LogP contribution in [0.15, 0.2) is 18.2 Å². The summed E-state index contributed by atoms with van der Waals surface area (Å²) in [6, 6.07) is 5.15. The van der Waals surface area contributed by atoms with E-state index in [1.54, 1.807) is 4.90 Å². The van der Waals surface area contributed by atoms with Crippen LogP contribution in [-0.2, 0) is 16.1 Å². The van der Waals surface area contributed by atoms with Crippen LogP contribution < -0.4 is 0 Å². The maximum Gasteiger partial charge on any atom is 0.328 e. The van der Waals surface area contributed by atoms with E-state index >= 15 is 0 Å². The van der Waals surface area contributed by atoms with Crippen molar-refractivity contribution in [2.45, 2.75) is 33.4 Å². The number of ether oxygens (including phenoxy) is 1. The minimum absolute atomic E-state index is 0.0195. The average molecular weight is 261 g/mol. The van der Waals surface area contributed by atoms with Crippen molar-refractivity contribution in [2.24, 2.45) is 5.92 Å². The smallest absolute Gasteiger partial charge is 0.328 e. The Morgan fingerprint density at radius 1 is 1.37 bits per heavy atom. The Kier molecular flexibility index (Phi) is 3.60. The Hall–Kier alpha value is -1.84. The molecular weight excluding hydrogens is 242 g/mol. The van der Waals surface area contributed by atoms with Gasteiger partial charge in [-0.15, -0.1) is 0 Å². The molecule has 1 aromatic rings. The number of carbonyl (C=O) groups excluding carboxylic acids is 2. The number of fused-ring (bicyclic) bond motifs is 1. The molecule has 2 rings (SSSR count). The number of hydrogen-bond acceptors (Lipinski definition) is 3. The molecule has 4 nitrogen and oxygen atoms in total. The lowest BCUT2D eigenvalue weighted by Gasteiger charge is -2.28. The van der Waals surface area contributed by atoms with Crippen LogP contribution in [-0.4, -0.2) is 29.9 Å². The van der Waals surface area contributed by atoms with E-state index in [1.165, 1.54) is 7.11 Å². The molecule has 0 aliphatic carbocycles. The predicted octanol–water partition coefficient (Wildman–Crippen LogP) is 2.15. The lowest BCUT2D eigenvalue weighted by Crippen LogP contribution is -2.45. The molecule has 1 amide bonds. The van der Waals surface area contributed by atoms with Gasteiger partial charge in [-0.3, -0.25) is 4.79 Å². The number of aryl methyl sites for hydroxylation is 1. The van der Waals surface area contributed by atoms with Crippen molar-refractivity contribution in [3.05, 3.63) is 34.9 Å². The highest BCUT2D eigenvalue weighted by Crippen LogP contribution is 2.29. The van der Waals surface area contributed by atoms with Gasteiger partial charge in [0, 0.05) is 12.1 Å². The van der Waals surface area contributed by atoms with Crippen LogP contribution in [0, 0.1) is 12.8 Å². The Morgan fingerprint density at radius 3 is 2.58 bits per heavy atom. The molecule has 0 fully saturated rings. The summed E-state index contributed by atoms with van der Waals surface area (Å²) in [5.74, 6) is -0.414. The molecule has 1 aliphatic heterocycles. The minimum atomic E-state index is -0.524. The average Bonchev–Trinajstić information content (AvgIpc) is 2.69. The molecule has 0 aromatic heterocycles. The molecule has 1 atom stereocenters. The van der Waals surface area contributed by atoms with Crippen molar-refractivity contribution in [3.63, 3.8) is 0 Å². The van der Waals surface area contributed by atoms with Gasteiger partial charge >= 0.3 is 5.97 Å². The Labute approximate surface area is 113 Å². The summed E-state index contributed by atoms with van der Waals surface area (Å²) in [6.07, 6.45) is 0. The second-order valence-corrected chi connectivity index (χ2v) is 5.25. The van der Waals surface area contributed by atoms with Gasteiger partial charge in [0.25, 0.3) is 5.91 Å². The molecule has 0 radical (unpaired) electrons. The highest BCUT2D eigenvalue weighted by molar-refractivity contribution is 6.00. The zero-order chi connectivity index (χ0) is 14.2. The monoisotopic (exact) mass is 261 g/mol. The SMILES string of the molecule is COC(=O)[C@H](C(C)C)N1Cc2c(C)cccc2C1=O. The number of nitrogens with zero attached hydrogens (tertiary/aromatic N) is 1. The highest BCUT2D eigenvalue weighted by Gasteiger charge is 2.38. The zero-order valence-electron chi connectivity index (χ0n) is 11.8. The molecule has 0 N–H and O–H groups in total. The normalized spacial score (nSPS) is 15.6. The molecule has 0 saturated heterocycles. The first kappa shape index (κ1) is 13.6. The summed E-state index contributed by atoms with van der Waals surface area (Å²) in [7, 11) is 1.36. The molecule has 102 valence electrons.